The summed E-state index contributed by atoms with van der Waals surface area (Å²) in [6.45, 7) is 0.610. The van der Waals surface area contributed by atoms with Crippen molar-refractivity contribution >= 4 is 21.6 Å². The van der Waals surface area contributed by atoms with Gasteiger partial charge in [-0.15, -0.1) is 0 Å². The van der Waals surface area contributed by atoms with E-state index in [1.807, 2.05) is 18.2 Å². The van der Waals surface area contributed by atoms with Gasteiger partial charge in [0.05, 0.1) is 15.7 Å². The average molecular weight is 320 g/mol. The van der Waals surface area contributed by atoms with Crippen LogP contribution in [0.25, 0.3) is 0 Å². The Kier molecular flexibility index (Phi) is 4.48. The van der Waals surface area contributed by atoms with E-state index in [4.69, 9.17) is 5.26 Å². The topological polar surface area (TPSA) is 48.7 Å². The van der Waals surface area contributed by atoms with E-state index in [2.05, 4.69) is 26.2 Å². The molecule has 0 bridgehead atoms. The van der Waals surface area contributed by atoms with Crippen molar-refractivity contribution in [3.05, 3.63) is 58.1 Å². The van der Waals surface area contributed by atoms with Crippen molar-refractivity contribution in [2.45, 2.75) is 6.42 Å². The van der Waals surface area contributed by atoms with Crippen LogP contribution in [0, 0.1) is 17.1 Å². The highest BCUT2D eigenvalue weighted by atomic mass is 79.9. The molecule has 5 heteroatoms. The molecule has 0 aliphatic carbocycles. The van der Waals surface area contributed by atoms with Crippen molar-refractivity contribution in [1.82, 2.24) is 4.98 Å². The summed E-state index contributed by atoms with van der Waals surface area (Å²) in [7, 11) is 0. The van der Waals surface area contributed by atoms with Crippen molar-refractivity contribution in [2.75, 3.05) is 11.9 Å². The molecule has 19 heavy (non-hydrogen) atoms. The molecule has 3 nitrogen and oxygen atoms in total. The van der Waals surface area contributed by atoms with Crippen LogP contribution in [0.5, 0.6) is 0 Å². The molecule has 1 aromatic heterocycles. The molecule has 0 aliphatic heterocycles. The van der Waals surface area contributed by atoms with Crippen LogP contribution < -0.4 is 5.32 Å². The zero-order valence-electron chi connectivity index (χ0n) is 10.0. The predicted octanol–water partition coefficient (Wildman–Crippen LogP) is 3.51. The van der Waals surface area contributed by atoms with E-state index in [1.165, 1.54) is 0 Å². The molecule has 1 heterocycles. The molecule has 1 aromatic carbocycles. The molecule has 0 fully saturated rings. The van der Waals surface area contributed by atoms with Gasteiger partial charge in [0.1, 0.15) is 6.07 Å². The van der Waals surface area contributed by atoms with E-state index in [0.29, 0.717) is 12.2 Å². The van der Waals surface area contributed by atoms with Gasteiger partial charge >= 0.3 is 0 Å². The minimum atomic E-state index is -0.436. The lowest BCUT2D eigenvalue weighted by molar-refractivity contribution is 0.623. The average Bonchev–Trinajstić information content (AvgIpc) is 2.45. The summed E-state index contributed by atoms with van der Waals surface area (Å²) in [5.41, 5.74) is 1.81. The lowest BCUT2D eigenvalue weighted by Crippen LogP contribution is -2.07. The molecule has 2 aromatic rings. The van der Waals surface area contributed by atoms with Gasteiger partial charge in [0.2, 0.25) is 0 Å². The number of halogens is 2. The Morgan fingerprint density at radius 3 is 2.68 bits per heavy atom. The largest absolute Gasteiger partial charge is 0.382 e. The maximum Gasteiger partial charge on any atom is 0.161 e. The number of pyridine rings is 1. The fourth-order valence-corrected chi connectivity index (χ4v) is 2.10. The number of benzene rings is 1. The van der Waals surface area contributed by atoms with E-state index in [1.54, 1.807) is 24.5 Å². The molecule has 0 amide bonds. The second-order valence-corrected chi connectivity index (χ2v) is 4.73. The van der Waals surface area contributed by atoms with Gasteiger partial charge in [-0.3, -0.25) is 4.98 Å². The number of hydrogen-bond donors (Lipinski definition) is 1. The van der Waals surface area contributed by atoms with Gasteiger partial charge < -0.3 is 5.32 Å². The SMILES string of the molecule is N#Cc1ccc(NCCc2ccncc2)c(F)c1Br. The standard InChI is InChI=1S/C14H11BrFN3/c15-13-11(9-17)1-2-12(14(13)16)19-8-5-10-3-6-18-7-4-10/h1-4,6-7,19H,5,8H2. The first-order valence-electron chi connectivity index (χ1n) is 5.73. The van der Waals surface area contributed by atoms with E-state index in [0.717, 1.165) is 12.0 Å². The van der Waals surface area contributed by atoms with Crippen molar-refractivity contribution in [2.24, 2.45) is 0 Å². The Bertz CT molecular complexity index is 608. The fourth-order valence-electron chi connectivity index (χ4n) is 1.66. The number of nitrogens with zero attached hydrogens (tertiary/aromatic N) is 2. The van der Waals surface area contributed by atoms with Gasteiger partial charge in [0, 0.05) is 18.9 Å². The smallest absolute Gasteiger partial charge is 0.161 e. The minimum absolute atomic E-state index is 0.198. The molecule has 0 unspecified atom stereocenters. The number of nitrogens with one attached hydrogen (secondary N) is 1. The van der Waals surface area contributed by atoms with Crippen LogP contribution in [-0.2, 0) is 6.42 Å². The van der Waals surface area contributed by atoms with Crippen LogP contribution in [0.15, 0.2) is 41.1 Å². The summed E-state index contributed by atoms with van der Waals surface area (Å²) < 4.78 is 14.1. The number of nitriles is 1. The van der Waals surface area contributed by atoms with Gasteiger partial charge in [0.25, 0.3) is 0 Å². The summed E-state index contributed by atoms with van der Waals surface area (Å²) in [6.07, 6.45) is 4.24. The van der Waals surface area contributed by atoms with Gasteiger partial charge in [-0.05, 0) is 52.2 Å². The maximum absolute atomic E-state index is 13.9. The molecule has 0 radical (unpaired) electrons. The predicted molar refractivity (Wildman–Crippen MR) is 75.2 cm³/mol. The molecule has 2 rings (SSSR count). The maximum atomic E-state index is 13.9. The number of hydrogen-bond acceptors (Lipinski definition) is 3. The normalized spacial score (nSPS) is 9.95. The molecule has 0 atom stereocenters. The number of aromatic nitrogens is 1. The van der Waals surface area contributed by atoms with Crippen LogP contribution >= 0.6 is 15.9 Å². The molecule has 0 saturated heterocycles. The summed E-state index contributed by atoms with van der Waals surface area (Å²) in [6, 6.07) is 8.93. The molecule has 1 N–H and O–H groups in total. The lowest BCUT2D eigenvalue weighted by atomic mass is 10.2. The second-order valence-electron chi connectivity index (χ2n) is 3.93. The molecule has 96 valence electrons. The Hall–Kier alpha value is -1.93. The van der Waals surface area contributed by atoms with Crippen molar-refractivity contribution in [1.29, 1.82) is 5.26 Å². The summed E-state index contributed by atoms with van der Waals surface area (Å²) in [5, 5.41) is 11.8. The molecule has 0 aliphatic rings. The van der Waals surface area contributed by atoms with Crippen LogP contribution in [-0.4, -0.2) is 11.5 Å². The zero-order valence-corrected chi connectivity index (χ0v) is 11.6. The Balaban J connectivity index is 2.01. The van der Waals surface area contributed by atoms with Gasteiger partial charge in [-0.1, -0.05) is 0 Å². The van der Waals surface area contributed by atoms with Crippen LogP contribution in [0.2, 0.25) is 0 Å². The fraction of sp³-hybridized carbons (Fsp3) is 0.143. The minimum Gasteiger partial charge on any atom is -0.382 e. The monoisotopic (exact) mass is 319 g/mol. The highest BCUT2D eigenvalue weighted by molar-refractivity contribution is 9.10. The van der Waals surface area contributed by atoms with Crippen molar-refractivity contribution in [3.8, 4) is 6.07 Å². The van der Waals surface area contributed by atoms with Crippen LogP contribution in [0.4, 0.5) is 10.1 Å². The first-order chi connectivity index (χ1) is 9.22. The third-order valence-corrected chi connectivity index (χ3v) is 3.46. The summed E-state index contributed by atoms with van der Waals surface area (Å²) >= 11 is 3.08. The highest BCUT2D eigenvalue weighted by Crippen LogP contribution is 2.26. The van der Waals surface area contributed by atoms with Crippen LogP contribution in [0.1, 0.15) is 11.1 Å². The van der Waals surface area contributed by atoms with Gasteiger partial charge in [-0.2, -0.15) is 5.26 Å². The van der Waals surface area contributed by atoms with E-state index in [9.17, 15) is 4.39 Å². The molecule has 0 saturated carbocycles. The third kappa shape index (κ3) is 3.30. The number of anilines is 1. The molecular weight excluding hydrogens is 309 g/mol. The summed E-state index contributed by atoms with van der Waals surface area (Å²) in [5.74, 6) is -0.436. The Morgan fingerprint density at radius 2 is 2.00 bits per heavy atom. The van der Waals surface area contributed by atoms with E-state index >= 15 is 0 Å². The Labute approximate surface area is 119 Å². The number of rotatable bonds is 4. The zero-order chi connectivity index (χ0) is 13.7. The first-order valence-corrected chi connectivity index (χ1v) is 6.52. The van der Waals surface area contributed by atoms with E-state index < -0.39 is 5.82 Å². The highest BCUT2D eigenvalue weighted by Gasteiger charge is 2.10. The van der Waals surface area contributed by atoms with Crippen LogP contribution in [0.3, 0.4) is 0 Å². The lowest BCUT2D eigenvalue weighted by Gasteiger charge is -2.09. The summed E-state index contributed by atoms with van der Waals surface area (Å²) in [4.78, 5) is 3.94. The molecule has 0 spiro atoms. The second kappa shape index (κ2) is 6.30. The quantitative estimate of drug-likeness (QED) is 0.938. The first kappa shape index (κ1) is 13.5. The Morgan fingerprint density at radius 1 is 1.26 bits per heavy atom. The molecular formula is C14H11BrFN3. The van der Waals surface area contributed by atoms with Crippen molar-refractivity contribution in [3.63, 3.8) is 0 Å². The third-order valence-electron chi connectivity index (χ3n) is 2.68. The van der Waals surface area contributed by atoms with Gasteiger partial charge in [0.15, 0.2) is 5.82 Å². The van der Waals surface area contributed by atoms with E-state index in [-0.39, 0.29) is 10.0 Å². The van der Waals surface area contributed by atoms with Crippen molar-refractivity contribution < 1.29 is 4.39 Å². The van der Waals surface area contributed by atoms with Gasteiger partial charge in [-0.25, -0.2) is 4.39 Å².